The van der Waals surface area contributed by atoms with Crippen LogP contribution in [0.15, 0.2) is 6.07 Å². The Kier molecular flexibility index (Phi) is 7.28. The van der Waals surface area contributed by atoms with Crippen molar-refractivity contribution in [3.05, 3.63) is 16.1 Å². The number of rotatable bonds is 8. The lowest BCUT2D eigenvalue weighted by Gasteiger charge is -2.13. The lowest BCUT2D eigenvalue weighted by Crippen LogP contribution is -2.14. The second kappa shape index (κ2) is 8.46. The van der Waals surface area contributed by atoms with Crippen LogP contribution in [0, 0.1) is 0 Å². The molecule has 2 N–H and O–H groups in total. The summed E-state index contributed by atoms with van der Waals surface area (Å²) in [4.78, 5) is 4.38. The first-order valence-corrected chi connectivity index (χ1v) is 7.25. The van der Waals surface area contributed by atoms with Crippen LogP contribution in [0.2, 0.25) is 10.0 Å². The van der Waals surface area contributed by atoms with Gasteiger partial charge in [0.2, 0.25) is 0 Å². The zero-order chi connectivity index (χ0) is 14.3. The Morgan fingerprint density at radius 2 is 1.74 bits per heavy atom. The standard InChI is InChI=1S/C13H21Cl2N3O/c1-4-5-16-12-10(14)8-11(15)13(18-12)17-6-7-19-9(2)3/h8-9H,4-7H2,1-3H3,(H2,16,17,18). The van der Waals surface area contributed by atoms with Crippen molar-refractivity contribution in [2.75, 3.05) is 30.3 Å². The van der Waals surface area contributed by atoms with Crippen LogP contribution >= 0.6 is 23.2 Å². The Morgan fingerprint density at radius 1 is 1.16 bits per heavy atom. The maximum absolute atomic E-state index is 6.10. The van der Waals surface area contributed by atoms with Crippen molar-refractivity contribution in [2.45, 2.75) is 33.3 Å². The number of hydrogen-bond acceptors (Lipinski definition) is 4. The predicted octanol–water partition coefficient (Wildman–Crippen LogP) is 4.05. The van der Waals surface area contributed by atoms with Crippen LogP contribution in [-0.2, 0) is 4.74 Å². The summed E-state index contributed by atoms with van der Waals surface area (Å²) in [5.41, 5.74) is 0. The third-order valence-electron chi connectivity index (χ3n) is 2.32. The summed E-state index contributed by atoms with van der Waals surface area (Å²) in [7, 11) is 0. The second-order valence-electron chi connectivity index (χ2n) is 4.42. The van der Waals surface area contributed by atoms with E-state index in [-0.39, 0.29) is 6.10 Å². The minimum Gasteiger partial charge on any atom is -0.377 e. The molecule has 0 radical (unpaired) electrons. The highest BCUT2D eigenvalue weighted by Crippen LogP contribution is 2.29. The van der Waals surface area contributed by atoms with E-state index in [0.717, 1.165) is 13.0 Å². The van der Waals surface area contributed by atoms with Gasteiger partial charge >= 0.3 is 0 Å². The molecule has 1 heterocycles. The zero-order valence-electron chi connectivity index (χ0n) is 11.6. The fourth-order valence-electron chi connectivity index (χ4n) is 1.42. The highest BCUT2D eigenvalue weighted by atomic mass is 35.5. The third kappa shape index (κ3) is 5.85. The summed E-state index contributed by atoms with van der Waals surface area (Å²) < 4.78 is 5.45. The zero-order valence-corrected chi connectivity index (χ0v) is 13.1. The summed E-state index contributed by atoms with van der Waals surface area (Å²) in [6.07, 6.45) is 1.23. The Hall–Kier alpha value is -0.710. The monoisotopic (exact) mass is 305 g/mol. The normalized spacial score (nSPS) is 10.8. The topological polar surface area (TPSA) is 46.2 Å². The van der Waals surface area contributed by atoms with Gasteiger partial charge in [0, 0.05) is 13.1 Å². The van der Waals surface area contributed by atoms with Gasteiger partial charge in [-0.1, -0.05) is 30.1 Å². The van der Waals surface area contributed by atoms with E-state index in [2.05, 4.69) is 22.5 Å². The van der Waals surface area contributed by atoms with Crippen LogP contribution in [0.4, 0.5) is 11.6 Å². The summed E-state index contributed by atoms with van der Waals surface area (Å²) in [6, 6.07) is 1.69. The first-order chi connectivity index (χ1) is 9.04. The summed E-state index contributed by atoms with van der Waals surface area (Å²) in [5.74, 6) is 1.28. The molecule has 0 saturated heterocycles. The third-order valence-corrected chi connectivity index (χ3v) is 2.89. The Bertz CT molecular complexity index is 400. The van der Waals surface area contributed by atoms with Crippen LogP contribution in [0.1, 0.15) is 27.2 Å². The molecule has 0 spiro atoms. The molecule has 0 unspecified atom stereocenters. The molecule has 0 bridgehead atoms. The Balaban J connectivity index is 2.61. The lowest BCUT2D eigenvalue weighted by atomic mass is 10.4. The van der Waals surface area contributed by atoms with Gasteiger partial charge in [0.1, 0.15) is 11.6 Å². The van der Waals surface area contributed by atoms with Crippen LogP contribution in [0.3, 0.4) is 0 Å². The first-order valence-electron chi connectivity index (χ1n) is 6.50. The number of aromatic nitrogens is 1. The molecule has 1 aromatic heterocycles. The molecule has 4 nitrogen and oxygen atoms in total. The molecule has 1 rings (SSSR count). The minimum absolute atomic E-state index is 0.220. The van der Waals surface area contributed by atoms with Gasteiger partial charge in [-0.2, -0.15) is 0 Å². The lowest BCUT2D eigenvalue weighted by molar-refractivity contribution is 0.0870. The van der Waals surface area contributed by atoms with E-state index >= 15 is 0 Å². The molecule has 0 aliphatic carbocycles. The van der Waals surface area contributed by atoms with Crippen LogP contribution in [0.25, 0.3) is 0 Å². The molecule has 0 amide bonds. The van der Waals surface area contributed by atoms with Gasteiger partial charge in [-0.15, -0.1) is 0 Å². The van der Waals surface area contributed by atoms with Gasteiger partial charge in [-0.25, -0.2) is 4.98 Å². The van der Waals surface area contributed by atoms with Gasteiger partial charge in [0.15, 0.2) is 0 Å². The molecule has 108 valence electrons. The fourth-order valence-corrected chi connectivity index (χ4v) is 1.91. The maximum atomic E-state index is 6.10. The van der Waals surface area contributed by atoms with Crippen molar-refractivity contribution in [2.24, 2.45) is 0 Å². The molecule has 6 heteroatoms. The fraction of sp³-hybridized carbons (Fsp3) is 0.615. The van der Waals surface area contributed by atoms with E-state index in [1.54, 1.807) is 6.07 Å². The van der Waals surface area contributed by atoms with Crippen molar-refractivity contribution in [3.8, 4) is 0 Å². The highest BCUT2D eigenvalue weighted by Gasteiger charge is 2.08. The summed E-state index contributed by atoms with van der Waals surface area (Å²) >= 11 is 12.2. The number of nitrogens with one attached hydrogen (secondary N) is 2. The Morgan fingerprint density at radius 3 is 2.26 bits per heavy atom. The molecule has 19 heavy (non-hydrogen) atoms. The number of nitrogens with zero attached hydrogens (tertiary/aromatic N) is 1. The van der Waals surface area contributed by atoms with E-state index < -0.39 is 0 Å². The van der Waals surface area contributed by atoms with Crippen molar-refractivity contribution in [1.29, 1.82) is 0 Å². The molecular weight excluding hydrogens is 285 g/mol. The van der Waals surface area contributed by atoms with Crippen LogP contribution in [-0.4, -0.2) is 30.8 Å². The number of pyridine rings is 1. The molecule has 0 aliphatic heterocycles. The summed E-state index contributed by atoms with van der Waals surface area (Å²) in [5, 5.41) is 7.35. The van der Waals surface area contributed by atoms with E-state index in [1.165, 1.54) is 0 Å². The maximum Gasteiger partial charge on any atom is 0.147 e. The number of hydrogen-bond donors (Lipinski definition) is 2. The second-order valence-corrected chi connectivity index (χ2v) is 5.24. The number of halogens is 2. The van der Waals surface area contributed by atoms with E-state index in [9.17, 15) is 0 Å². The SMILES string of the molecule is CCCNc1nc(NCCOC(C)C)c(Cl)cc1Cl. The van der Waals surface area contributed by atoms with Gasteiger partial charge in [-0.3, -0.25) is 0 Å². The molecular formula is C13H21Cl2N3O. The largest absolute Gasteiger partial charge is 0.377 e. The molecule has 1 aromatic rings. The predicted molar refractivity (Wildman–Crippen MR) is 82.6 cm³/mol. The number of ether oxygens (including phenoxy) is 1. The van der Waals surface area contributed by atoms with Crippen LogP contribution < -0.4 is 10.6 Å². The van der Waals surface area contributed by atoms with Gasteiger partial charge < -0.3 is 15.4 Å². The van der Waals surface area contributed by atoms with Crippen LogP contribution in [0.5, 0.6) is 0 Å². The van der Waals surface area contributed by atoms with E-state index in [0.29, 0.717) is 34.8 Å². The Labute approximate surface area is 124 Å². The first kappa shape index (κ1) is 16.3. The van der Waals surface area contributed by atoms with Crippen molar-refractivity contribution in [1.82, 2.24) is 4.98 Å². The molecule has 0 aromatic carbocycles. The van der Waals surface area contributed by atoms with Gasteiger partial charge in [-0.05, 0) is 26.3 Å². The number of anilines is 2. The van der Waals surface area contributed by atoms with E-state index in [4.69, 9.17) is 27.9 Å². The molecule has 0 aliphatic rings. The van der Waals surface area contributed by atoms with Gasteiger partial charge in [0.25, 0.3) is 0 Å². The minimum atomic E-state index is 0.220. The van der Waals surface area contributed by atoms with Gasteiger partial charge in [0.05, 0.1) is 22.8 Å². The molecule has 0 saturated carbocycles. The average molecular weight is 306 g/mol. The van der Waals surface area contributed by atoms with Crippen molar-refractivity contribution >= 4 is 34.8 Å². The highest BCUT2D eigenvalue weighted by molar-refractivity contribution is 6.37. The van der Waals surface area contributed by atoms with Crippen molar-refractivity contribution < 1.29 is 4.74 Å². The van der Waals surface area contributed by atoms with Crippen molar-refractivity contribution in [3.63, 3.8) is 0 Å². The average Bonchev–Trinajstić information content (AvgIpc) is 2.35. The molecule has 0 fully saturated rings. The summed E-state index contributed by atoms with van der Waals surface area (Å²) in [6.45, 7) is 8.17. The van der Waals surface area contributed by atoms with E-state index in [1.807, 2.05) is 13.8 Å². The quantitative estimate of drug-likeness (QED) is 0.711. The molecule has 0 atom stereocenters. The smallest absolute Gasteiger partial charge is 0.147 e.